The zero-order valence-corrected chi connectivity index (χ0v) is 10.1. The molecule has 1 atom stereocenters. The van der Waals surface area contributed by atoms with E-state index in [4.69, 9.17) is 4.42 Å². The Morgan fingerprint density at radius 3 is 2.88 bits per heavy atom. The monoisotopic (exact) mass is 232 g/mol. The van der Waals surface area contributed by atoms with Crippen molar-refractivity contribution in [2.75, 3.05) is 13.1 Å². The van der Waals surface area contributed by atoms with Crippen molar-refractivity contribution in [2.24, 2.45) is 0 Å². The molecule has 1 fully saturated rings. The second kappa shape index (κ2) is 4.00. The Hall–Kier alpha value is -1.62. The number of hydrogen-bond acceptors (Lipinski definition) is 4. The van der Waals surface area contributed by atoms with Crippen LogP contribution in [0.25, 0.3) is 0 Å². The predicted molar refractivity (Wildman–Crippen MR) is 62.9 cm³/mol. The molecule has 0 radical (unpaired) electrons. The van der Waals surface area contributed by atoms with E-state index in [0.29, 0.717) is 5.92 Å². The summed E-state index contributed by atoms with van der Waals surface area (Å²) in [6.07, 6.45) is 5.56. The Labute approximate surface area is 99.9 Å². The van der Waals surface area contributed by atoms with E-state index in [0.717, 1.165) is 24.7 Å². The Morgan fingerprint density at radius 1 is 1.47 bits per heavy atom. The number of hydrogen-bond donors (Lipinski definition) is 1. The molecule has 0 amide bonds. The van der Waals surface area contributed by atoms with Gasteiger partial charge >= 0.3 is 0 Å². The van der Waals surface area contributed by atoms with Crippen LogP contribution in [-0.2, 0) is 0 Å². The van der Waals surface area contributed by atoms with Crippen LogP contribution in [0, 0.1) is 6.92 Å². The number of nitrogens with one attached hydrogen (secondary N) is 1. The fourth-order valence-electron chi connectivity index (χ4n) is 2.14. The van der Waals surface area contributed by atoms with Gasteiger partial charge in [-0.3, -0.25) is 0 Å². The molecule has 1 aliphatic rings. The van der Waals surface area contributed by atoms with Gasteiger partial charge in [0.05, 0.1) is 12.5 Å². The maximum Gasteiger partial charge on any atom is 0.217 e. The van der Waals surface area contributed by atoms with Crippen LogP contribution in [0.4, 0.5) is 0 Å². The lowest BCUT2D eigenvalue weighted by Gasteiger charge is -2.28. The largest absolute Gasteiger partial charge is 0.444 e. The highest BCUT2D eigenvalue weighted by Crippen LogP contribution is 2.25. The second-order valence-electron chi connectivity index (χ2n) is 4.57. The first kappa shape index (κ1) is 10.5. The summed E-state index contributed by atoms with van der Waals surface area (Å²) >= 11 is 0. The Balaban J connectivity index is 1.90. The number of rotatable bonds is 3. The molecule has 1 unspecified atom stereocenters. The number of aromatic nitrogens is 3. The third kappa shape index (κ3) is 1.76. The number of oxazole rings is 1. The highest BCUT2D eigenvalue weighted by Gasteiger charge is 2.25. The summed E-state index contributed by atoms with van der Waals surface area (Å²) in [6, 6.07) is 0.0989. The number of imidazole rings is 1. The molecule has 2 aromatic heterocycles. The third-order valence-electron chi connectivity index (χ3n) is 3.31. The minimum absolute atomic E-state index is 0.0989. The molecule has 0 spiro atoms. The lowest BCUT2D eigenvalue weighted by atomic mass is 9.99. The maximum atomic E-state index is 5.58. The van der Waals surface area contributed by atoms with Crippen LogP contribution in [0.1, 0.15) is 36.2 Å². The molecule has 0 bridgehead atoms. The van der Waals surface area contributed by atoms with Gasteiger partial charge < -0.3 is 14.3 Å². The summed E-state index contributed by atoms with van der Waals surface area (Å²) in [5.74, 6) is 2.16. The molecule has 1 N–H and O–H groups in total. The number of aryl methyl sites for hydroxylation is 1. The molecule has 1 saturated heterocycles. The topological polar surface area (TPSA) is 55.9 Å². The zero-order valence-electron chi connectivity index (χ0n) is 10.1. The minimum Gasteiger partial charge on any atom is -0.444 e. The molecular weight excluding hydrogens is 216 g/mol. The fourth-order valence-corrected chi connectivity index (χ4v) is 2.14. The molecule has 5 heteroatoms. The molecule has 2 aromatic rings. The van der Waals surface area contributed by atoms with Gasteiger partial charge in [0.25, 0.3) is 0 Å². The van der Waals surface area contributed by atoms with E-state index in [9.17, 15) is 0 Å². The molecule has 0 saturated carbocycles. The van der Waals surface area contributed by atoms with Gasteiger partial charge in [0.2, 0.25) is 5.89 Å². The van der Waals surface area contributed by atoms with Crippen LogP contribution in [-0.4, -0.2) is 27.6 Å². The van der Waals surface area contributed by atoms with Crippen molar-refractivity contribution in [3.8, 4) is 0 Å². The summed E-state index contributed by atoms with van der Waals surface area (Å²) in [4.78, 5) is 8.53. The molecule has 90 valence electrons. The van der Waals surface area contributed by atoms with Gasteiger partial charge in [0.1, 0.15) is 11.8 Å². The van der Waals surface area contributed by atoms with Gasteiger partial charge in [-0.05, 0) is 13.8 Å². The molecule has 3 heterocycles. The Bertz CT molecular complexity index is 512. The van der Waals surface area contributed by atoms with Gasteiger partial charge in [-0.25, -0.2) is 9.97 Å². The summed E-state index contributed by atoms with van der Waals surface area (Å²) in [7, 11) is 0. The highest BCUT2D eigenvalue weighted by molar-refractivity contribution is 5.14. The van der Waals surface area contributed by atoms with E-state index in [1.54, 1.807) is 6.20 Å². The lowest BCUT2D eigenvalue weighted by molar-refractivity contribution is 0.382. The molecule has 0 aliphatic carbocycles. The summed E-state index contributed by atoms with van der Waals surface area (Å²) < 4.78 is 7.73. The van der Waals surface area contributed by atoms with Crippen molar-refractivity contribution in [2.45, 2.75) is 25.8 Å². The van der Waals surface area contributed by atoms with E-state index in [1.807, 2.05) is 19.4 Å². The zero-order chi connectivity index (χ0) is 11.8. The smallest absolute Gasteiger partial charge is 0.217 e. The fraction of sp³-hybridized carbons (Fsp3) is 0.500. The van der Waals surface area contributed by atoms with Crippen molar-refractivity contribution < 1.29 is 4.42 Å². The first-order chi connectivity index (χ1) is 8.25. The SMILES string of the molecule is Cc1cnc(C(C)n2cncc2C2CNC2)o1. The molecule has 1 aliphatic heterocycles. The van der Waals surface area contributed by atoms with E-state index < -0.39 is 0 Å². The Kier molecular flexibility index (Phi) is 2.48. The van der Waals surface area contributed by atoms with Crippen LogP contribution in [0.5, 0.6) is 0 Å². The van der Waals surface area contributed by atoms with Crippen LogP contribution in [0.2, 0.25) is 0 Å². The van der Waals surface area contributed by atoms with E-state index in [2.05, 4.69) is 26.8 Å². The van der Waals surface area contributed by atoms with Gasteiger partial charge in [-0.1, -0.05) is 0 Å². The quantitative estimate of drug-likeness (QED) is 0.870. The first-order valence-electron chi connectivity index (χ1n) is 5.90. The van der Waals surface area contributed by atoms with E-state index >= 15 is 0 Å². The van der Waals surface area contributed by atoms with Crippen molar-refractivity contribution in [3.63, 3.8) is 0 Å². The van der Waals surface area contributed by atoms with Gasteiger partial charge in [-0.15, -0.1) is 0 Å². The maximum absolute atomic E-state index is 5.58. The van der Waals surface area contributed by atoms with Gasteiger partial charge in [0.15, 0.2) is 0 Å². The van der Waals surface area contributed by atoms with Crippen LogP contribution in [0.3, 0.4) is 0 Å². The summed E-state index contributed by atoms with van der Waals surface area (Å²) in [5, 5.41) is 3.28. The van der Waals surface area contributed by atoms with Crippen LogP contribution >= 0.6 is 0 Å². The van der Waals surface area contributed by atoms with E-state index in [1.165, 1.54) is 5.69 Å². The van der Waals surface area contributed by atoms with Gasteiger partial charge in [-0.2, -0.15) is 0 Å². The molecule has 5 nitrogen and oxygen atoms in total. The van der Waals surface area contributed by atoms with Crippen LogP contribution in [0.15, 0.2) is 23.1 Å². The average molecular weight is 232 g/mol. The second-order valence-corrected chi connectivity index (χ2v) is 4.57. The number of nitrogens with zero attached hydrogens (tertiary/aromatic N) is 3. The minimum atomic E-state index is 0.0989. The molecular formula is C12H16N4O. The van der Waals surface area contributed by atoms with Crippen molar-refractivity contribution in [3.05, 3.63) is 36.1 Å². The lowest BCUT2D eigenvalue weighted by Crippen LogP contribution is -2.41. The first-order valence-corrected chi connectivity index (χ1v) is 5.90. The highest BCUT2D eigenvalue weighted by atomic mass is 16.4. The molecule has 0 aromatic carbocycles. The van der Waals surface area contributed by atoms with Gasteiger partial charge in [0, 0.05) is 30.9 Å². The molecule has 3 rings (SSSR count). The summed E-state index contributed by atoms with van der Waals surface area (Å²) in [5.41, 5.74) is 1.26. The third-order valence-corrected chi connectivity index (χ3v) is 3.31. The normalized spacial score (nSPS) is 18.0. The standard InChI is InChI=1S/C12H16N4O/c1-8-3-15-12(17-8)9(2)16-7-14-6-11(16)10-4-13-5-10/h3,6-7,9-10,13H,4-5H2,1-2H3. The predicted octanol–water partition coefficient (Wildman–Crippen LogP) is 1.48. The molecule has 17 heavy (non-hydrogen) atoms. The summed E-state index contributed by atoms with van der Waals surface area (Å²) in [6.45, 7) is 6.06. The average Bonchev–Trinajstić information content (AvgIpc) is 2.84. The van der Waals surface area contributed by atoms with E-state index in [-0.39, 0.29) is 6.04 Å². The van der Waals surface area contributed by atoms with Crippen molar-refractivity contribution >= 4 is 0 Å². The Morgan fingerprint density at radius 2 is 2.29 bits per heavy atom. The van der Waals surface area contributed by atoms with Crippen molar-refractivity contribution in [1.82, 2.24) is 19.9 Å². The van der Waals surface area contributed by atoms with Crippen LogP contribution < -0.4 is 5.32 Å². The van der Waals surface area contributed by atoms with Crippen molar-refractivity contribution in [1.29, 1.82) is 0 Å².